The van der Waals surface area contributed by atoms with E-state index in [1.165, 1.54) is 16.7 Å². The highest BCUT2D eigenvalue weighted by atomic mass is 16.5. The molecule has 2 N–H and O–H groups in total. The van der Waals surface area contributed by atoms with Gasteiger partial charge in [0.2, 0.25) is 0 Å². The zero-order valence-electron chi connectivity index (χ0n) is 15.2. The first-order valence-corrected chi connectivity index (χ1v) is 8.40. The van der Waals surface area contributed by atoms with Crippen LogP contribution in [0.1, 0.15) is 16.7 Å². The maximum Gasteiger partial charge on any atom is 0.191 e. The molecule has 0 heterocycles. The number of para-hydroxylation sites is 1. The summed E-state index contributed by atoms with van der Waals surface area (Å²) in [7, 11) is 5.18. The van der Waals surface area contributed by atoms with Gasteiger partial charge in [-0.2, -0.15) is 0 Å². The molecule has 2 aromatic carbocycles. The van der Waals surface area contributed by atoms with Crippen LogP contribution in [-0.4, -0.2) is 33.8 Å². The summed E-state index contributed by atoms with van der Waals surface area (Å²) >= 11 is 0. The van der Waals surface area contributed by atoms with Gasteiger partial charge in [-0.05, 0) is 29.2 Å². The molecule has 0 fully saturated rings. The van der Waals surface area contributed by atoms with Crippen LogP contribution in [0.4, 0.5) is 0 Å². The molecule has 0 unspecified atom stereocenters. The van der Waals surface area contributed by atoms with Crippen LogP contribution in [0.25, 0.3) is 0 Å². The third kappa shape index (κ3) is 6.12. The number of nitrogens with zero attached hydrogens (tertiary/aromatic N) is 1. The highest BCUT2D eigenvalue weighted by Gasteiger charge is 2.03. The maximum absolute atomic E-state index is 5.38. The van der Waals surface area contributed by atoms with Crippen LogP contribution < -0.4 is 15.4 Å². The fourth-order valence-electron chi connectivity index (χ4n) is 2.55. The van der Waals surface area contributed by atoms with E-state index < -0.39 is 0 Å². The van der Waals surface area contributed by atoms with E-state index in [1.807, 2.05) is 18.2 Å². The summed E-state index contributed by atoms with van der Waals surface area (Å²) in [5, 5.41) is 6.66. The van der Waals surface area contributed by atoms with Crippen molar-refractivity contribution in [2.75, 3.05) is 27.8 Å². The SMILES string of the molecule is CN=C(NCCc1ccccc1OC)NCc1ccc(COC)cc1. The van der Waals surface area contributed by atoms with Crippen molar-refractivity contribution in [2.45, 2.75) is 19.6 Å². The van der Waals surface area contributed by atoms with Crippen LogP contribution in [0, 0.1) is 0 Å². The first kappa shape index (κ1) is 18.8. The zero-order chi connectivity index (χ0) is 17.9. The van der Waals surface area contributed by atoms with Crippen LogP contribution in [0.5, 0.6) is 5.75 Å². The molecular weight excluding hydrogens is 314 g/mol. The Morgan fingerprint density at radius 2 is 1.68 bits per heavy atom. The van der Waals surface area contributed by atoms with Crippen LogP contribution >= 0.6 is 0 Å². The smallest absolute Gasteiger partial charge is 0.191 e. The van der Waals surface area contributed by atoms with Crippen molar-refractivity contribution in [3.05, 3.63) is 65.2 Å². The predicted molar refractivity (Wildman–Crippen MR) is 102 cm³/mol. The molecule has 2 rings (SSSR count). The monoisotopic (exact) mass is 341 g/mol. The molecule has 0 bridgehead atoms. The third-order valence-corrected chi connectivity index (χ3v) is 3.90. The minimum absolute atomic E-state index is 0.639. The van der Waals surface area contributed by atoms with Crippen LogP contribution in [-0.2, 0) is 24.3 Å². The summed E-state index contributed by atoms with van der Waals surface area (Å²) in [6, 6.07) is 16.4. The number of hydrogen-bond donors (Lipinski definition) is 2. The van der Waals surface area contributed by atoms with Gasteiger partial charge in [-0.25, -0.2) is 0 Å². The second-order valence-electron chi connectivity index (χ2n) is 5.66. The standard InChI is InChI=1S/C20H27N3O2/c1-21-20(22-13-12-18-6-4-5-7-19(18)25-3)23-14-16-8-10-17(11-9-16)15-24-2/h4-11H,12-15H2,1-3H3,(H2,21,22,23). The first-order valence-electron chi connectivity index (χ1n) is 8.40. The number of rotatable bonds is 8. The van der Waals surface area contributed by atoms with Crippen molar-refractivity contribution in [1.29, 1.82) is 0 Å². The molecule has 0 aliphatic rings. The van der Waals surface area contributed by atoms with E-state index in [0.717, 1.165) is 31.2 Å². The van der Waals surface area contributed by atoms with Crippen molar-refractivity contribution in [3.8, 4) is 5.75 Å². The lowest BCUT2D eigenvalue weighted by Gasteiger charge is -2.13. The van der Waals surface area contributed by atoms with E-state index in [1.54, 1.807) is 21.3 Å². The fourth-order valence-corrected chi connectivity index (χ4v) is 2.55. The molecule has 5 heteroatoms. The molecule has 0 radical (unpaired) electrons. The Kier molecular flexibility index (Phi) is 7.79. The van der Waals surface area contributed by atoms with E-state index in [2.05, 4.69) is 46.0 Å². The number of nitrogens with one attached hydrogen (secondary N) is 2. The van der Waals surface area contributed by atoms with E-state index in [4.69, 9.17) is 9.47 Å². The summed E-state index contributed by atoms with van der Waals surface area (Å²) < 4.78 is 10.5. The molecule has 0 spiro atoms. The normalized spacial score (nSPS) is 11.2. The van der Waals surface area contributed by atoms with Crippen molar-refractivity contribution in [1.82, 2.24) is 10.6 Å². The van der Waals surface area contributed by atoms with Gasteiger partial charge in [0.1, 0.15) is 5.75 Å². The Bertz CT molecular complexity index is 669. The first-order chi connectivity index (χ1) is 12.3. The van der Waals surface area contributed by atoms with Gasteiger partial charge in [-0.1, -0.05) is 42.5 Å². The molecule has 25 heavy (non-hydrogen) atoms. The highest BCUT2D eigenvalue weighted by Crippen LogP contribution is 2.17. The van der Waals surface area contributed by atoms with Crippen molar-refractivity contribution >= 4 is 5.96 Å². The highest BCUT2D eigenvalue weighted by molar-refractivity contribution is 5.79. The Labute approximate surface area is 150 Å². The van der Waals surface area contributed by atoms with E-state index in [9.17, 15) is 0 Å². The van der Waals surface area contributed by atoms with E-state index in [-0.39, 0.29) is 0 Å². The lowest BCUT2D eigenvalue weighted by molar-refractivity contribution is 0.185. The number of ether oxygens (including phenoxy) is 2. The summed E-state index contributed by atoms with van der Waals surface area (Å²) in [6.07, 6.45) is 0.871. The second-order valence-corrected chi connectivity index (χ2v) is 5.66. The largest absolute Gasteiger partial charge is 0.496 e. The van der Waals surface area contributed by atoms with Gasteiger partial charge in [-0.15, -0.1) is 0 Å². The minimum Gasteiger partial charge on any atom is -0.496 e. The van der Waals surface area contributed by atoms with Gasteiger partial charge < -0.3 is 20.1 Å². The summed E-state index contributed by atoms with van der Waals surface area (Å²) in [5.74, 6) is 1.71. The molecule has 134 valence electrons. The van der Waals surface area contributed by atoms with Crippen molar-refractivity contribution < 1.29 is 9.47 Å². The summed E-state index contributed by atoms with van der Waals surface area (Å²) in [6.45, 7) is 2.15. The number of guanidine groups is 1. The molecule has 0 saturated carbocycles. The average Bonchev–Trinajstić information content (AvgIpc) is 2.66. The quantitative estimate of drug-likeness (QED) is 0.573. The summed E-state index contributed by atoms with van der Waals surface area (Å²) in [4.78, 5) is 4.27. The molecule has 5 nitrogen and oxygen atoms in total. The average molecular weight is 341 g/mol. The van der Waals surface area contributed by atoms with Crippen LogP contribution in [0.15, 0.2) is 53.5 Å². The van der Waals surface area contributed by atoms with Crippen molar-refractivity contribution in [2.24, 2.45) is 4.99 Å². The lowest BCUT2D eigenvalue weighted by atomic mass is 10.1. The lowest BCUT2D eigenvalue weighted by Crippen LogP contribution is -2.37. The third-order valence-electron chi connectivity index (χ3n) is 3.90. The van der Waals surface area contributed by atoms with Gasteiger partial charge in [0.05, 0.1) is 13.7 Å². The Morgan fingerprint density at radius 1 is 0.960 bits per heavy atom. The van der Waals surface area contributed by atoms with Crippen molar-refractivity contribution in [3.63, 3.8) is 0 Å². The number of benzene rings is 2. The molecule has 0 aliphatic heterocycles. The van der Waals surface area contributed by atoms with E-state index in [0.29, 0.717) is 6.61 Å². The van der Waals surface area contributed by atoms with Crippen LogP contribution in [0.3, 0.4) is 0 Å². The minimum atomic E-state index is 0.639. The molecule has 0 atom stereocenters. The molecule has 0 aliphatic carbocycles. The fraction of sp³-hybridized carbons (Fsp3) is 0.350. The number of hydrogen-bond acceptors (Lipinski definition) is 3. The van der Waals surface area contributed by atoms with Gasteiger partial charge in [0, 0.05) is 27.2 Å². The van der Waals surface area contributed by atoms with Gasteiger partial charge >= 0.3 is 0 Å². The zero-order valence-corrected chi connectivity index (χ0v) is 15.2. The molecule has 0 aromatic heterocycles. The maximum atomic E-state index is 5.38. The molecule has 0 amide bonds. The Balaban J connectivity index is 1.78. The molecular formula is C20H27N3O2. The van der Waals surface area contributed by atoms with E-state index >= 15 is 0 Å². The Hall–Kier alpha value is -2.53. The Morgan fingerprint density at radius 3 is 2.36 bits per heavy atom. The predicted octanol–water partition coefficient (Wildman–Crippen LogP) is 2.75. The van der Waals surface area contributed by atoms with Crippen LogP contribution in [0.2, 0.25) is 0 Å². The van der Waals surface area contributed by atoms with Gasteiger partial charge in [-0.3, -0.25) is 4.99 Å². The second kappa shape index (κ2) is 10.4. The number of aliphatic imine (C=N–C) groups is 1. The van der Waals surface area contributed by atoms with Gasteiger partial charge in [0.25, 0.3) is 0 Å². The topological polar surface area (TPSA) is 54.9 Å². The molecule has 2 aromatic rings. The number of methoxy groups -OCH3 is 2. The van der Waals surface area contributed by atoms with Gasteiger partial charge in [0.15, 0.2) is 5.96 Å². The summed E-state index contributed by atoms with van der Waals surface area (Å²) in [5.41, 5.74) is 3.56. The molecule has 0 saturated heterocycles.